The first kappa shape index (κ1) is 12.5. The first-order valence-corrected chi connectivity index (χ1v) is 8.54. The van der Waals surface area contributed by atoms with Gasteiger partial charge in [-0.2, -0.15) is 0 Å². The summed E-state index contributed by atoms with van der Waals surface area (Å²) in [4.78, 5) is 11.9. The minimum Gasteiger partial charge on any atom is -0.550 e. The van der Waals surface area contributed by atoms with Gasteiger partial charge in [-0.1, -0.05) is 20.8 Å². The molecule has 1 aliphatic carbocycles. The van der Waals surface area contributed by atoms with E-state index >= 15 is 0 Å². The first-order valence-electron chi connectivity index (χ1n) is 5.76. The highest BCUT2D eigenvalue weighted by molar-refractivity contribution is 6.48. The summed E-state index contributed by atoms with van der Waals surface area (Å²) in [5.41, 5.74) is 0.866. The second-order valence-electron chi connectivity index (χ2n) is 5.49. The second-order valence-corrected chi connectivity index (χ2v) is 7.82. The number of rotatable bonds is 2. The van der Waals surface area contributed by atoms with E-state index < -0.39 is 9.04 Å². The van der Waals surface area contributed by atoms with Crippen LogP contribution in [0.4, 0.5) is 0 Å². The van der Waals surface area contributed by atoms with Crippen LogP contribution < -0.4 is 0 Å². The average Bonchev–Trinajstić information content (AvgIpc) is 1.99. The van der Waals surface area contributed by atoms with Crippen molar-refractivity contribution in [3.63, 3.8) is 0 Å². The topological polar surface area (TPSA) is 26.3 Å². The van der Waals surface area contributed by atoms with Crippen molar-refractivity contribution in [2.24, 2.45) is 5.41 Å². The van der Waals surface area contributed by atoms with Crippen molar-refractivity contribution in [2.45, 2.75) is 53.1 Å². The van der Waals surface area contributed by atoms with Gasteiger partial charge in [-0.3, -0.25) is 4.79 Å². The molecule has 0 aromatic heterocycles. The van der Waals surface area contributed by atoms with E-state index in [-0.39, 0.29) is 5.41 Å². The Morgan fingerprint density at radius 2 is 1.80 bits per heavy atom. The standard InChI is InChI=1S/C12H22O2Si/c1-12(2,3)11-9(13)7-6-8-10(11)14-15(4)5/h15H,6-8H2,1-5H3. The minimum absolute atomic E-state index is 0.0733. The molecule has 0 amide bonds. The van der Waals surface area contributed by atoms with E-state index in [1.54, 1.807) is 0 Å². The lowest BCUT2D eigenvalue weighted by molar-refractivity contribution is -0.117. The van der Waals surface area contributed by atoms with Crippen LogP contribution in [0.1, 0.15) is 40.0 Å². The Balaban J connectivity index is 3.05. The summed E-state index contributed by atoms with van der Waals surface area (Å²) in [6.45, 7) is 10.6. The van der Waals surface area contributed by atoms with E-state index in [0.29, 0.717) is 12.2 Å². The molecule has 0 aliphatic heterocycles. The van der Waals surface area contributed by atoms with Gasteiger partial charge in [0.1, 0.15) is 0 Å². The summed E-state index contributed by atoms with van der Waals surface area (Å²) in [6, 6.07) is 0. The van der Waals surface area contributed by atoms with Crippen molar-refractivity contribution in [1.29, 1.82) is 0 Å². The monoisotopic (exact) mass is 226 g/mol. The Morgan fingerprint density at radius 3 is 2.27 bits per heavy atom. The van der Waals surface area contributed by atoms with Crippen molar-refractivity contribution in [3.8, 4) is 0 Å². The van der Waals surface area contributed by atoms with Gasteiger partial charge < -0.3 is 4.43 Å². The zero-order valence-corrected chi connectivity index (χ0v) is 11.7. The van der Waals surface area contributed by atoms with Gasteiger partial charge in [-0.25, -0.2) is 0 Å². The minimum atomic E-state index is -1.09. The van der Waals surface area contributed by atoms with Crippen LogP contribution in [-0.2, 0) is 9.22 Å². The Kier molecular flexibility index (Phi) is 3.76. The number of hydrogen-bond acceptors (Lipinski definition) is 2. The molecule has 86 valence electrons. The van der Waals surface area contributed by atoms with E-state index in [4.69, 9.17) is 4.43 Å². The predicted octanol–water partition coefficient (Wildman–Crippen LogP) is 3.04. The summed E-state index contributed by atoms with van der Waals surface area (Å²) in [7, 11) is -1.09. The molecule has 3 heteroatoms. The number of carbonyl (C=O) groups is 1. The predicted molar refractivity (Wildman–Crippen MR) is 65.3 cm³/mol. The van der Waals surface area contributed by atoms with Crippen LogP contribution in [0.2, 0.25) is 13.1 Å². The molecular weight excluding hydrogens is 204 g/mol. The van der Waals surface area contributed by atoms with Crippen LogP contribution in [0.3, 0.4) is 0 Å². The van der Waals surface area contributed by atoms with Crippen LogP contribution in [-0.4, -0.2) is 14.8 Å². The van der Waals surface area contributed by atoms with E-state index in [1.165, 1.54) is 0 Å². The zero-order valence-electron chi connectivity index (χ0n) is 10.5. The third-order valence-corrected chi connectivity index (χ3v) is 3.25. The summed E-state index contributed by atoms with van der Waals surface area (Å²) in [5, 5.41) is 0. The highest BCUT2D eigenvalue weighted by atomic mass is 28.3. The molecule has 0 N–H and O–H groups in total. The fraction of sp³-hybridized carbons (Fsp3) is 0.750. The lowest BCUT2D eigenvalue weighted by atomic mass is 9.78. The summed E-state index contributed by atoms with van der Waals surface area (Å²) < 4.78 is 5.90. The Hall–Kier alpha value is -0.573. The van der Waals surface area contributed by atoms with Crippen LogP contribution in [0.15, 0.2) is 11.3 Å². The number of ketones is 1. The molecule has 0 bridgehead atoms. The molecule has 0 aromatic carbocycles. The van der Waals surface area contributed by atoms with Crippen molar-refractivity contribution >= 4 is 14.8 Å². The molecule has 1 aliphatic rings. The van der Waals surface area contributed by atoms with Crippen molar-refractivity contribution < 1.29 is 9.22 Å². The molecule has 2 nitrogen and oxygen atoms in total. The van der Waals surface area contributed by atoms with Crippen molar-refractivity contribution in [3.05, 3.63) is 11.3 Å². The lowest BCUT2D eigenvalue weighted by Gasteiger charge is -2.30. The maximum atomic E-state index is 11.9. The van der Waals surface area contributed by atoms with Crippen LogP contribution in [0.25, 0.3) is 0 Å². The molecular formula is C12H22O2Si. The lowest BCUT2D eigenvalue weighted by Crippen LogP contribution is -2.25. The molecule has 0 unspecified atom stereocenters. The van der Waals surface area contributed by atoms with Gasteiger partial charge in [0.2, 0.25) is 9.04 Å². The number of carbonyl (C=O) groups excluding carboxylic acids is 1. The Bertz CT molecular complexity index is 284. The highest BCUT2D eigenvalue weighted by Crippen LogP contribution is 2.35. The van der Waals surface area contributed by atoms with Crippen molar-refractivity contribution in [2.75, 3.05) is 0 Å². The number of hydrogen-bond donors (Lipinski definition) is 0. The molecule has 0 fully saturated rings. The Labute approximate surface area is 94.4 Å². The van der Waals surface area contributed by atoms with Gasteiger partial charge in [0, 0.05) is 18.4 Å². The van der Waals surface area contributed by atoms with E-state index in [1.807, 2.05) is 0 Å². The van der Waals surface area contributed by atoms with E-state index in [0.717, 1.165) is 24.2 Å². The normalized spacial score (nSPS) is 18.7. The fourth-order valence-electron chi connectivity index (χ4n) is 2.05. The van der Waals surface area contributed by atoms with Crippen LogP contribution in [0, 0.1) is 5.41 Å². The average molecular weight is 226 g/mol. The molecule has 0 spiro atoms. The summed E-state index contributed by atoms with van der Waals surface area (Å²) >= 11 is 0. The molecule has 0 heterocycles. The third kappa shape index (κ3) is 3.19. The van der Waals surface area contributed by atoms with Gasteiger partial charge in [-0.15, -0.1) is 0 Å². The molecule has 15 heavy (non-hydrogen) atoms. The molecule has 0 radical (unpaired) electrons. The molecule has 0 atom stereocenters. The van der Waals surface area contributed by atoms with Crippen molar-refractivity contribution in [1.82, 2.24) is 0 Å². The SMILES string of the molecule is C[SiH](C)OC1=C(C(C)(C)C)C(=O)CCC1. The number of Topliss-reactive ketones (excluding diaryl/α,β-unsaturated/α-hetero) is 1. The summed E-state index contributed by atoms with van der Waals surface area (Å²) in [5.74, 6) is 1.28. The van der Waals surface area contributed by atoms with Crippen LogP contribution >= 0.6 is 0 Å². The van der Waals surface area contributed by atoms with Crippen LogP contribution in [0.5, 0.6) is 0 Å². The maximum absolute atomic E-state index is 11.9. The second kappa shape index (κ2) is 4.52. The number of allylic oxidation sites excluding steroid dienone is 2. The highest BCUT2D eigenvalue weighted by Gasteiger charge is 2.31. The molecule has 0 aromatic rings. The maximum Gasteiger partial charge on any atom is 0.229 e. The van der Waals surface area contributed by atoms with Gasteiger partial charge in [0.05, 0.1) is 5.76 Å². The quantitative estimate of drug-likeness (QED) is 0.677. The Morgan fingerprint density at radius 1 is 1.20 bits per heavy atom. The largest absolute Gasteiger partial charge is 0.550 e. The van der Waals surface area contributed by atoms with Gasteiger partial charge in [0.15, 0.2) is 5.78 Å². The zero-order chi connectivity index (χ0) is 11.6. The fourth-order valence-corrected chi connectivity index (χ4v) is 2.86. The molecule has 0 saturated heterocycles. The van der Waals surface area contributed by atoms with E-state index in [9.17, 15) is 4.79 Å². The third-order valence-electron chi connectivity index (χ3n) is 2.49. The first-order chi connectivity index (χ1) is 6.82. The van der Waals surface area contributed by atoms with E-state index in [2.05, 4.69) is 33.9 Å². The van der Waals surface area contributed by atoms with Gasteiger partial charge >= 0.3 is 0 Å². The summed E-state index contributed by atoms with van der Waals surface area (Å²) in [6.07, 6.45) is 2.59. The molecule has 0 saturated carbocycles. The smallest absolute Gasteiger partial charge is 0.229 e. The molecule has 1 rings (SSSR count). The van der Waals surface area contributed by atoms with Gasteiger partial charge in [0.25, 0.3) is 0 Å². The van der Waals surface area contributed by atoms with Gasteiger partial charge in [-0.05, 0) is 24.9 Å².